The van der Waals surface area contributed by atoms with Gasteiger partial charge < -0.3 is 15.7 Å². The number of anilines is 2. The molecule has 5 nitrogen and oxygen atoms in total. The van der Waals surface area contributed by atoms with Gasteiger partial charge in [0.05, 0.1) is 17.1 Å². The molecule has 1 fully saturated rings. The maximum Gasteiger partial charge on any atom is 0.172 e. The highest BCUT2D eigenvalue weighted by Crippen LogP contribution is 2.25. The minimum atomic E-state index is -0.300. The molecule has 0 unspecified atom stereocenters. The summed E-state index contributed by atoms with van der Waals surface area (Å²) in [5.74, 6) is 1.12. The molecule has 0 aliphatic carbocycles. The van der Waals surface area contributed by atoms with Crippen molar-refractivity contribution in [2.75, 3.05) is 23.7 Å². The van der Waals surface area contributed by atoms with Crippen LogP contribution >= 0.6 is 0 Å². The molecule has 3 N–H and O–H groups in total. The van der Waals surface area contributed by atoms with Crippen LogP contribution in [0.25, 0.3) is 11.0 Å². The zero-order valence-electron chi connectivity index (χ0n) is 10.1. The standard InChI is InChI=1S/C13H16N4O/c14-12-13(17-7-3-4-9(18)8-17)16-11-6-2-1-5-10(11)15-12/h1-2,5-6,9,18H,3-4,7-8H2,(H2,14,15)/t9-/m0/s1. The fraction of sp³-hybridized carbons (Fsp3) is 0.385. The molecule has 1 atom stereocenters. The quantitative estimate of drug-likeness (QED) is 0.787. The Hall–Kier alpha value is -1.88. The normalized spacial score (nSPS) is 20.3. The van der Waals surface area contributed by atoms with Gasteiger partial charge in [0.25, 0.3) is 0 Å². The van der Waals surface area contributed by atoms with Gasteiger partial charge in [0.1, 0.15) is 0 Å². The number of piperidine rings is 1. The number of aliphatic hydroxyl groups excluding tert-OH is 1. The molecular weight excluding hydrogens is 228 g/mol. The van der Waals surface area contributed by atoms with Gasteiger partial charge in [-0.25, -0.2) is 9.97 Å². The lowest BCUT2D eigenvalue weighted by atomic mass is 10.1. The Balaban J connectivity index is 2.02. The van der Waals surface area contributed by atoms with E-state index in [-0.39, 0.29) is 6.10 Å². The van der Waals surface area contributed by atoms with Crippen LogP contribution in [0.3, 0.4) is 0 Å². The van der Waals surface area contributed by atoms with Crippen LogP contribution in [0, 0.1) is 0 Å². The average Bonchev–Trinajstić information content (AvgIpc) is 2.38. The smallest absolute Gasteiger partial charge is 0.172 e. The van der Waals surface area contributed by atoms with Crippen molar-refractivity contribution in [1.82, 2.24) is 9.97 Å². The van der Waals surface area contributed by atoms with Gasteiger partial charge in [0.2, 0.25) is 0 Å². The van der Waals surface area contributed by atoms with Gasteiger partial charge in [-0.05, 0) is 25.0 Å². The van der Waals surface area contributed by atoms with Gasteiger partial charge in [-0.15, -0.1) is 0 Å². The number of fused-ring (bicyclic) bond motifs is 1. The van der Waals surface area contributed by atoms with Crippen LogP contribution in [-0.4, -0.2) is 34.3 Å². The second-order valence-corrected chi connectivity index (χ2v) is 4.66. The Labute approximate surface area is 105 Å². The average molecular weight is 244 g/mol. The minimum Gasteiger partial charge on any atom is -0.391 e. The lowest BCUT2D eigenvalue weighted by Crippen LogP contribution is -2.39. The van der Waals surface area contributed by atoms with Gasteiger partial charge in [0, 0.05) is 13.1 Å². The van der Waals surface area contributed by atoms with Crippen LogP contribution in [0.4, 0.5) is 11.6 Å². The molecule has 94 valence electrons. The zero-order valence-corrected chi connectivity index (χ0v) is 10.1. The number of β-amino-alcohol motifs (C(OH)–C–C–N with tert-alkyl or cyclic N) is 1. The van der Waals surface area contributed by atoms with Gasteiger partial charge in [-0.1, -0.05) is 12.1 Å². The first kappa shape index (κ1) is 11.2. The number of aromatic nitrogens is 2. The minimum absolute atomic E-state index is 0.300. The van der Waals surface area contributed by atoms with E-state index in [4.69, 9.17) is 5.73 Å². The summed E-state index contributed by atoms with van der Waals surface area (Å²) >= 11 is 0. The molecule has 3 rings (SSSR count). The molecule has 1 aromatic carbocycles. The molecule has 0 saturated carbocycles. The van der Waals surface area contributed by atoms with E-state index in [9.17, 15) is 5.11 Å². The van der Waals surface area contributed by atoms with E-state index in [0.29, 0.717) is 18.2 Å². The van der Waals surface area contributed by atoms with Gasteiger partial charge in [0.15, 0.2) is 11.6 Å². The molecule has 2 aromatic rings. The monoisotopic (exact) mass is 244 g/mol. The Morgan fingerprint density at radius 3 is 2.67 bits per heavy atom. The van der Waals surface area contributed by atoms with Crippen molar-refractivity contribution in [2.24, 2.45) is 0 Å². The lowest BCUT2D eigenvalue weighted by molar-refractivity contribution is 0.154. The fourth-order valence-corrected chi connectivity index (χ4v) is 2.38. The fourth-order valence-electron chi connectivity index (χ4n) is 2.38. The predicted octanol–water partition coefficient (Wildman–Crippen LogP) is 1.17. The van der Waals surface area contributed by atoms with Crippen molar-refractivity contribution < 1.29 is 5.11 Å². The number of nitrogens with zero attached hydrogens (tertiary/aromatic N) is 3. The summed E-state index contributed by atoms with van der Waals surface area (Å²) in [6.07, 6.45) is 1.50. The van der Waals surface area contributed by atoms with Gasteiger partial charge in [-0.3, -0.25) is 0 Å². The summed E-state index contributed by atoms with van der Waals surface area (Å²) < 4.78 is 0. The maximum atomic E-state index is 9.71. The largest absolute Gasteiger partial charge is 0.391 e. The number of para-hydroxylation sites is 2. The molecular formula is C13H16N4O. The van der Waals surface area contributed by atoms with E-state index in [1.165, 1.54) is 0 Å². The molecule has 0 radical (unpaired) electrons. The molecule has 0 amide bonds. The van der Waals surface area contributed by atoms with E-state index < -0.39 is 0 Å². The van der Waals surface area contributed by atoms with Crippen LogP contribution in [-0.2, 0) is 0 Å². The summed E-state index contributed by atoms with van der Waals surface area (Å²) in [6.45, 7) is 1.45. The first-order valence-electron chi connectivity index (χ1n) is 6.19. The molecule has 1 aliphatic heterocycles. The summed E-state index contributed by atoms with van der Waals surface area (Å²) in [6, 6.07) is 7.67. The van der Waals surface area contributed by atoms with Crippen molar-refractivity contribution in [2.45, 2.75) is 18.9 Å². The number of hydrogen-bond acceptors (Lipinski definition) is 5. The van der Waals surface area contributed by atoms with Crippen LogP contribution in [0.1, 0.15) is 12.8 Å². The Bertz CT molecular complexity index is 572. The summed E-state index contributed by atoms with van der Waals surface area (Å²) in [7, 11) is 0. The van der Waals surface area contributed by atoms with Crippen molar-refractivity contribution in [1.29, 1.82) is 0 Å². The number of hydrogen-bond donors (Lipinski definition) is 2. The molecule has 0 bridgehead atoms. The Kier molecular flexibility index (Phi) is 2.76. The molecule has 1 aromatic heterocycles. The van der Waals surface area contributed by atoms with E-state index >= 15 is 0 Å². The third-order valence-corrected chi connectivity index (χ3v) is 3.27. The van der Waals surface area contributed by atoms with E-state index in [1.807, 2.05) is 29.2 Å². The highest BCUT2D eigenvalue weighted by atomic mass is 16.3. The maximum absolute atomic E-state index is 9.71. The second kappa shape index (κ2) is 4.42. The van der Waals surface area contributed by atoms with E-state index in [0.717, 1.165) is 30.4 Å². The molecule has 2 heterocycles. The van der Waals surface area contributed by atoms with Crippen molar-refractivity contribution in [3.63, 3.8) is 0 Å². The van der Waals surface area contributed by atoms with E-state index in [2.05, 4.69) is 9.97 Å². The highest BCUT2D eigenvalue weighted by molar-refractivity contribution is 5.79. The van der Waals surface area contributed by atoms with Crippen LogP contribution in [0.2, 0.25) is 0 Å². The molecule has 1 saturated heterocycles. The number of benzene rings is 1. The molecule has 1 aliphatic rings. The van der Waals surface area contributed by atoms with Crippen molar-refractivity contribution in [3.05, 3.63) is 24.3 Å². The van der Waals surface area contributed by atoms with Crippen LogP contribution in [0.15, 0.2) is 24.3 Å². The lowest BCUT2D eigenvalue weighted by Gasteiger charge is -2.31. The number of rotatable bonds is 1. The zero-order chi connectivity index (χ0) is 12.5. The first-order valence-corrected chi connectivity index (χ1v) is 6.19. The third-order valence-electron chi connectivity index (χ3n) is 3.27. The van der Waals surface area contributed by atoms with Crippen molar-refractivity contribution in [3.8, 4) is 0 Å². The SMILES string of the molecule is Nc1nc2ccccc2nc1N1CCC[C@H](O)C1. The first-order chi connectivity index (χ1) is 8.74. The van der Waals surface area contributed by atoms with Gasteiger partial charge >= 0.3 is 0 Å². The number of aliphatic hydroxyl groups is 1. The highest BCUT2D eigenvalue weighted by Gasteiger charge is 2.21. The van der Waals surface area contributed by atoms with E-state index in [1.54, 1.807) is 0 Å². The van der Waals surface area contributed by atoms with Crippen LogP contribution < -0.4 is 10.6 Å². The molecule has 18 heavy (non-hydrogen) atoms. The molecule has 0 spiro atoms. The summed E-state index contributed by atoms with van der Waals surface area (Å²) in [5.41, 5.74) is 7.60. The van der Waals surface area contributed by atoms with Crippen molar-refractivity contribution >= 4 is 22.7 Å². The molecule has 5 heteroatoms. The van der Waals surface area contributed by atoms with Crippen LogP contribution in [0.5, 0.6) is 0 Å². The Morgan fingerprint density at radius 2 is 1.94 bits per heavy atom. The van der Waals surface area contributed by atoms with Gasteiger partial charge in [-0.2, -0.15) is 0 Å². The summed E-state index contributed by atoms with van der Waals surface area (Å²) in [5, 5.41) is 9.71. The third kappa shape index (κ3) is 1.97. The predicted molar refractivity (Wildman–Crippen MR) is 71.4 cm³/mol. The number of nitrogens with two attached hydrogens (primary N) is 1. The summed E-state index contributed by atoms with van der Waals surface area (Å²) in [4.78, 5) is 10.9. The number of nitrogen functional groups attached to an aromatic ring is 1. The second-order valence-electron chi connectivity index (χ2n) is 4.66. The topological polar surface area (TPSA) is 75.3 Å². The Morgan fingerprint density at radius 1 is 1.22 bits per heavy atom.